The van der Waals surface area contributed by atoms with Gasteiger partial charge < -0.3 is 19.4 Å². The second kappa shape index (κ2) is 8.01. The number of nitrogens with zero attached hydrogens (tertiary/aromatic N) is 3. The van der Waals surface area contributed by atoms with Gasteiger partial charge in [-0.1, -0.05) is 18.2 Å². The Bertz CT molecular complexity index is 1040. The molecule has 1 N–H and O–H groups in total. The van der Waals surface area contributed by atoms with Crippen LogP contribution in [0.4, 0.5) is 4.79 Å². The molecule has 0 spiro atoms. The van der Waals surface area contributed by atoms with E-state index in [4.69, 9.17) is 9.72 Å². The first-order valence-corrected chi connectivity index (χ1v) is 10.5. The van der Waals surface area contributed by atoms with E-state index < -0.39 is 0 Å². The molecule has 30 heavy (non-hydrogen) atoms. The predicted molar refractivity (Wildman–Crippen MR) is 119 cm³/mol. The summed E-state index contributed by atoms with van der Waals surface area (Å²) in [5.74, 6) is 2.21. The van der Waals surface area contributed by atoms with Crippen molar-refractivity contribution in [1.29, 1.82) is 0 Å². The summed E-state index contributed by atoms with van der Waals surface area (Å²) >= 11 is 0. The average Bonchev–Trinajstić information content (AvgIpc) is 3.12. The maximum atomic E-state index is 12.5. The van der Waals surface area contributed by atoms with Crippen molar-refractivity contribution < 1.29 is 9.53 Å². The Morgan fingerprint density at radius 1 is 1.13 bits per heavy atom. The number of rotatable bonds is 3. The summed E-state index contributed by atoms with van der Waals surface area (Å²) < 4.78 is 7.60. The number of pyridine rings is 1. The van der Waals surface area contributed by atoms with Crippen LogP contribution in [0.2, 0.25) is 0 Å². The molecule has 1 aliphatic heterocycles. The van der Waals surface area contributed by atoms with Crippen molar-refractivity contribution in [3.63, 3.8) is 0 Å². The molecule has 0 saturated carbocycles. The molecule has 158 valence electrons. The fourth-order valence-electron chi connectivity index (χ4n) is 4.07. The van der Waals surface area contributed by atoms with Gasteiger partial charge in [0, 0.05) is 36.3 Å². The molecular weight excluding hydrogens is 376 g/mol. The van der Waals surface area contributed by atoms with E-state index in [1.165, 1.54) is 0 Å². The predicted octanol–water partition coefficient (Wildman–Crippen LogP) is 4.70. The van der Waals surface area contributed by atoms with E-state index >= 15 is 0 Å². The van der Waals surface area contributed by atoms with Gasteiger partial charge in [0.1, 0.15) is 11.6 Å². The van der Waals surface area contributed by atoms with Crippen LogP contribution in [0.1, 0.15) is 45.4 Å². The van der Waals surface area contributed by atoms with E-state index in [1.807, 2.05) is 56.0 Å². The highest BCUT2D eigenvalue weighted by Gasteiger charge is 2.29. The number of amides is 2. The van der Waals surface area contributed by atoms with E-state index in [-0.39, 0.29) is 11.6 Å². The summed E-state index contributed by atoms with van der Waals surface area (Å²) in [6, 6.07) is 14.3. The van der Waals surface area contributed by atoms with Crippen LogP contribution in [0.3, 0.4) is 0 Å². The number of likely N-dealkylation sites (tertiary alicyclic amines) is 1. The molecule has 0 radical (unpaired) electrons. The molecule has 1 fully saturated rings. The molecule has 3 heterocycles. The highest BCUT2D eigenvalue weighted by Crippen LogP contribution is 2.33. The lowest BCUT2D eigenvalue weighted by atomic mass is 9.96. The number of aromatic nitrogens is 2. The van der Waals surface area contributed by atoms with Crippen molar-refractivity contribution in [2.45, 2.75) is 45.1 Å². The number of carbonyl (C=O) groups is 1. The topological polar surface area (TPSA) is 58.9 Å². The number of nitrogens with one attached hydrogen (secondary N) is 1. The van der Waals surface area contributed by atoms with Crippen LogP contribution in [-0.4, -0.2) is 46.1 Å². The minimum absolute atomic E-state index is 0.0194. The van der Waals surface area contributed by atoms with Crippen molar-refractivity contribution in [3.05, 3.63) is 54.5 Å². The molecule has 0 atom stereocenters. The average molecular weight is 407 g/mol. The molecule has 0 aliphatic carbocycles. The van der Waals surface area contributed by atoms with Crippen molar-refractivity contribution >= 4 is 11.5 Å². The normalized spacial score (nSPS) is 15.4. The first-order valence-electron chi connectivity index (χ1n) is 10.5. The lowest BCUT2D eigenvalue weighted by Gasteiger charge is -2.34. The van der Waals surface area contributed by atoms with Crippen molar-refractivity contribution in [2.24, 2.45) is 0 Å². The highest BCUT2D eigenvalue weighted by molar-refractivity contribution is 5.78. The maximum absolute atomic E-state index is 12.5. The molecule has 1 aliphatic rings. The second-order valence-corrected chi connectivity index (χ2v) is 8.95. The zero-order chi connectivity index (χ0) is 21.3. The van der Waals surface area contributed by atoms with Gasteiger partial charge in [0.05, 0.1) is 18.3 Å². The first-order chi connectivity index (χ1) is 14.4. The molecule has 6 heteroatoms. The maximum Gasteiger partial charge on any atom is 0.317 e. The van der Waals surface area contributed by atoms with Gasteiger partial charge >= 0.3 is 6.03 Å². The van der Waals surface area contributed by atoms with E-state index in [2.05, 4.69) is 28.0 Å². The third-order valence-corrected chi connectivity index (χ3v) is 5.55. The molecule has 2 aromatic heterocycles. The van der Waals surface area contributed by atoms with E-state index in [1.54, 1.807) is 7.11 Å². The summed E-state index contributed by atoms with van der Waals surface area (Å²) in [6.07, 6.45) is 3.90. The van der Waals surface area contributed by atoms with E-state index in [0.717, 1.165) is 54.3 Å². The number of fused-ring (bicyclic) bond motifs is 1. The minimum atomic E-state index is -0.223. The molecule has 6 nitrogen and oxygen atoms in total. The third kappa shape index (κ3) is 4.13. The van der Waals surface area contributed by atoms with Crippen LogP contribution >= 0.6 is 0 Å². The number of urea groups is 1. The van der Waals surface area contributed by atoms with Crippen LogP contribution in [0.25, 0.3) is 16.8 Å². The number of hydrogen-bond donors (Lipinski definition) is 1. The van der Waals surface area contributed by atoms with E-state index in [9.17, 15) is 4.79 Å². The Morgan fingerprint density at radius 3 is 2.60 bits per heavy atom. The van der Waals surface area contributed by atoms with Gasteiger partial charge in [0.25, 0.3) is 0 Å². The number of ether oxygens (including phenoxy) is 1. The fraction of sp³-hybridized carbons (Fsp3) is 0.417. The van der Waals surface area contributed by atoms with Gasteiger partial charge in [0.15, 0.2) is 0 Å². The lowest BCUT2D eigenvalue weighted by Crippen LogP contribution is -2.50. The monoisotopic (exact) mass is 406 g/mol. The number of benzene rings is 1. The van der Waals surface area contributed by atoms with Gasteiger partial charge in [-0.05, 0) is 57.9 Å². The molecule has 1 aromatic carbocycles. The van der Waals surface area contributed by atoms with Crippen LogP contribution in [-0.2, 0) is 0 Å². The summed E-state index contributed by atoms with van der Waals surface area (Å²) in [5, 5.41) is 3.06. The smallest absolute Gasteiger partial charge is 0.317 e. The first kappa shape index (κ1) is 20.3. The number of methoxy groups -OCH3 is 1. The molecule has 3 aromatic rings. The molecular formula is C24H30N4O2. The fourth-order valence-corrected chi connectivity index (χ4v) is 4.07. The van der Waals surface area contributed by atoms with Crippen LogP contribution in [0.15, 0.2) is 48.7 Å². The van der Waals surface area contributed by atoms with E-state index in [0.29, 0.717) is 5.92 Å². The van der Waals surface area contributed by atoms with Gasteiger partial charge in [-0.15, -0.1) is 0 Å². The Balaban J connectivity index is 1.59. The SMILES string of the molecule is COc1cccc(-c2nc(C3CCN(C(=O)NC(C)(C)C)CC3)n3ccccc23)c1. The zero-order valence-corrected chi connectivity index (χ0v) is 18.2. The van der Waals surface area contributed by atoms with Gasteiger partial charge in [0.2, 0.25) is 0 Å². The van der Waals surface area contributed by atoms with Gasteiger partial charge in [-0.3, -0.25) is 0 Å². The Morgan fingerprint density at radius 2 is 1.90 bits per heavy atom. The lowest BCUT2D eigenvalue weighted by molar-refractivity contribution is 0.172. The summed E-state index contributed by atoms with van der Waals surface area (Å²) in [7, 11) is 1.68. The van der Waals surface area contributed by atoms with Crippen molar-refractivity contribution in [1.82, 2.24) is 19.6 Å². The van der Waals surface area contributed by atoms with Crippen LogP contribution < -0.4 is 10.1 Å². The zero-order valence-electron chi connectivity index (χ0n) is 18.2. The highest BCUT2D eigenvalue weighted by atomic mass is 16.5. The van der Waals surface area contributed by atoms with Crippen molar-refractivity contribution in [3.8, 4) is 17.0 Å². The van der Waals surface area contributed by atoms with Crippen molar-refractivity contribution in [2.75, 3.05) is 20.2 Å². The summed E-state index contributed by atoms with van der Waals surface area (Å²) in [6.45, 7) is 7.50. The second-order valence-electron chi connectivity index (χ2n) is 8.95. The number of carbonyl (C=O) groups excluding carboxylic acids is 1. The molecule has 0 unspecified atom stereocenters. The third-order valence-electron chi connectivity index (χ3n) is 5.55. The summed E-state index contributed by atoms with van der Waals surface area (Å²) in [4.78, 5) is 19.5. The quantitative estimate of drug-likeness (QED) is 0.686. The number of imidazole rings is 1. The number of hydrogen-bond acceptors (Lipinski definition) is 3. The van der Waals surface area contributed by atoms with Crippen LogP contribution in [0, 0.1) is 0 Å². The Labute approximate surface area is 177 Å². The molecule has 2 amide bonds. The Hall–Kier alpha value is -3.02. The molecule has 0 bridgehead atoms. The molecule has 4 rings (SSSR count). The minimum Gasteiger partial charge on any atom is -0.497 e. The van der Waals surface area contributed by atoms with Gasteiger partial charge in [-0.25, -0.2) is 9.78 Å². The Kier molecular flexibility index (Phi) is 5.41. The summed E-state index contributed by atoms with van der Waals surface area (Å²) in [5.41, 5.74) is 2.89. The largest absolute Gasteiger partial charge is 0.497 e. The molecule has 1 saturated heterocycles. The standard InChI is InChI=1S/C24H30N4O2/c1-24(2,3)26-23(29)27-14-11-17(12-15-27)22-25-21(20-10-5-6-13-28(20)22)18-8-7-9-19(16-18)30-4/h5-10,13,16-17H,11-12,14-15H2,1-4H3,(H,26,29). The van der Waals surface area contributed by atoms with Gasteiger partial charge in [-0.2, -0.15) is 0 Å². The number of piperidine rings is 1. The van der Waals surface area contributed by atoms with Crippen LogP contribution in [0.5, 0.6) is 5.75 Å².